The number of nitrogens with zero attached hydrogens (tertiary/aromatic N) is 3. The number of benzene rings is 5. The molecule has 49 heavy (non-hydrogen) atoms. The van der Waals surface area contributed by atoms with Crippen molar-refractivity contribution in [2.45, 2.75) is 18.2 Å². The summed E-state index contributed by atoms with van der Waals surface area (Å²) in [6.07, 6.45) is -2.90. The summed E-state index contributed by atoms with van der Waals surface area (Å²) in [6.45, 7) is 8.85. The lowest BCUT2D eigenvalue weighted by Crippen LogP contribution is -2.14. The first-order chi connectivity index (χ1) is 23.3. The van der Waals surface area contributed by atoms with Crippen LogP contribution in [-0.4, -0.2) is 17.5 Å². The molecule has 0 aliphatic heterocycles. The SMILES string of the molecule is [C-]#[N+]c1cccc(C#N)c1-c1c(-c2cccc(-c3c(F)c(C)c(O)c(F)c3F)c2)n(S(=O)(=O)c2ccc(C(F)F)cc2)c2ccc(F)cc12. The predicted molar refractivity (Wildman–Crippen MR) is 169 cm³/mol. The molecule has 0 unspecified atom stereocenters. The molecule has 1 heterocycles. The van der Waals surface area contributed by atoms with Gasteiger partial charge in [0, 0.05) is 38.8 Å². The van der Waals surface area contributed by atoms with E-state index in [1.165, 1.54) is 36.4 Å². The van der Waals surface area contributed by atoms with Crippen LogP contribution in [0.2, 0.25) is 0 Å². The minimum Gasteiger partial charge on any atom is -0.504 e. The Morgan fingerprint density at radius 2 is 1.51 bits per heavy atom. The molecular weight excluding hydrogens is 668 g/mol. The van der Waals surface area contributed by atoms with E-state index in [9.17, 15) is 36.3 Å². The van der Waals surface area contributed by atoms with E-state index in [4.69, 9.17) is 6.57 Å². The molecule has 6 rings (SSSR count). The van der Waals surface area contributed by atoms with Crippen molar-refractivity contribution in [3.05, 3.63) is 136 Å². The first-order valence-electron chi connectivity index (χ1n) is 14.2. The van der Waals surface area contributed by atoms with Crippen LogP contribution in [0.4, 0.5) is 32.0 Å². The maximum absolute atomic E-state index is 15.4. The molecule has 1 aromatic heterocycles. The number of phenols is 1. The molecule has 0 spiro atoms. The molecule has 1 N–H and O–H groups in total. The van der Waals surface area contributed by atoms with Gasteiger partial charge < -0.3 is 5.11 Å². The first-order valence-corrected chi connectivity index (χ1v) is 15.6. The number of hydrogen-bond donors (Lipinski definition) is 1. The number of phenolic OH excluding ortho intramolecular Hbond substituents is 1. The fraction of sp³-hybridized carbons (Fsp3) is 0.0556. The normalized spacial score (nSPS) is 11.6. The van der Waals surface area contributed by atoms with Crippen molar-refractivity contribution in [1.82, 2.24) is 3.97 Å². The van der Waals surface area contributed by atoms with Gasteiger partial charge in [-0.1, -0.05) is 42.5 Å². The molecule has 0 atom stereocenters. The molecule has 0 radical (unpaired) electrons. The van der Waals surface area contributed by atoms with Crippen LogP contribution in [0.25, 0.3) is 49.3 Å². The monoisotopic (exact) mass is 687 g/mol. The van der Waals surface area contributed by atoms with Gasteiger partial charge in [-0.15, -0.1) is 0 Å². The third-order valence-electron chi connectivity index (χ3n) is 8.04. The zero-order valence-corrected chi connectivity index (χ0v) is 25.8. The Kier molecular flexibility index (Phi) is 8.18. The zero-order valence-electron chi connectivity index (χ0n) is 24.9. The summed E-state index contributed by atoms with van der Waals surface area (Å²) in [5.74, 6) is -6.79. The van der Waals surface area contributed by atoms with Crippen molar-refractivity contribution in [2.75, 3.05) is 0 Å². The minimum absolute atomic E-state index is 0.0790. The molecule has 13 heteroatoms. The maximum Gasteiger partial charge on any atom is 0.268 e. The molecule has 6 aromatic rings. The molecule has 0 bridgehead atoms. The number of hydrogen-bond acceptors (Lipinski definition) is 4. The standard InChI is InChI=1S/C36H19F6N3O3S/c1-18-31(38)29(32(39)33(40)35(18)46)20-5-3-6-21(15-20)34-30(28-22(17-43)7-4-8-26(28)44-2)25-16-23(37)11-14-27(25)45(34)49(47,48)24-12-9-19(10-13-24)36(41)42/h3-16,36,46H,1H3. The Labute approximate surface area is 275 Å². The number of aromatic hydroxyl groups is 1. The molecule has 6 nitrogen and oxygen atoms in total. The molecule has 0 fully saturated rings. The van der Waals surface area contributed by atoms with Crippen LogP contribution in [0, 0.1) is 48.1 Å². The fourth-order valence-corrected chi connectivity index (χ4v) is 7.27. The highest BCUT2D eigenvalue weighted by Crippen LogP contribution is 2.48. The molecule has 244 valence electrons. The second-order valence-corrected chi connectivity index (χ2v) is 12.6. The van der Waals surface area contributed by atoms with E-state index < -0.39 is 67.1 Å². The molecule has 0 saturated carbocycles. The van der Waals surface area contributed by atoms with E-state index in [-0.39, 0.29) is 50.1 Å². The summed E-state index contributed by atoms with van der Waals surface area (Å²) in [5.41, 5.74) is -3.17. The van der Waals surface area contributed by atoms with Crippen LogP contribution in [0.1, 0.15) is 23.1 Å². The quantitative estimate of drug-likeness (QED) is 0.107. The van der Waals surface area contributed by atoms with Gasteiger partial charge in [0.2, 0.25) is 5.82 Å². The summed E-state index contributed by atoms with van der Waals surface area (Å²) < 4.78 is 117. The van der Waals surface area contributed by atoms with Gasteiger partial charge >= 0.3 is 0 Å². The number of nitriles is 1. The summed E-state index contributed by atoms with van der Waals surface area (Å²) in [6, 6.07) is 17.9. The Morgan fingerprint density at radius 1 is 0.837 bits per heavy atom. The second-order valence-electron chi connectivity index (χ2n) is 10.8. The molecule has 0 saturated heterocycles. The average molecular weight is 688 g/mol. The average Bonchev–Trinajstić information content (AvgIpc) is 3.44. The van der Waals surface area contributed by atoms with Gasteiger partial charge in [0.05, 0.1) is 34.3 Å². The fourth-order valence-electron chi connectivity index (χ4n) is 5.72. The highest BCUT2D eigenvalue weighted by Gasteiger charge is 2.32. The van der Waals surface area contributed by atoms with Gasteiger partial charge in [-0.25, -0.2) is 39.2 Å². The Morgan fingerprint density at radius 3 is 2.16 bits per heavy atom. The van der Waals surface area contributed by atoms with Crippen molar-refractivity contribution in [3.8, 4) is 45.3 Å². The largest absolute Gasteiger partial charge is 0.504 e. The van der Waals surface area contributed by atoms with Crippen LogP contribution >= 0.6 is 0 Å². The van der Waals surface area contributed by atoms with Crippen LogP contribution in [0.3, 0.4) is 0 Å². The lowest BCUT2D eigenvalue weighted by atomic mass is 9.92. The van der Waals surface area contributed by atoms with Crippen LogP contribution in [0.15, 0.2) is 89.8 Å². The molecule has 0 aliphatic rings. The Hall–Kier alpha value is -6.05. The molecule has 5 aromatic carbocycles. The van der Waals surface area contributed by atoms with Gasteiger partial charge in [-0.2, -0.15) is 9.65 Å². The maximum atomic E-state index is 15.4. The third kappa shape index (κ3) is 5.25. The highest BCUT2D eigenvalue weighted by molar-refractivity contribution is 7.90. The van der Waals surface area contributed by atoms with Gasteiger partial charge in [0.15, 0.2) is 17.3 Å². The summed E-state index contributed by atoms with van der Waals surface area (Å²) in [5, 5.41) is 19.9. The van der Waals surface area contributed by atoms with Crippen molar-refractivity contribution < 1.29 is 39.9 Å². The molecular formula is C36H19F6N3O3S. The highest BCUT2D eigenvalue weighted by atomic mass is 32.2. The smallest absolute Gasteiger partial charge is 0.268 e. The summed E-state index contributed by atoms with van der Waals surface area (Å²) >= 11 is 0. The van der Waals surface area contributed by atoms with Crippen molar-refractivity contribution in [3.63, 3.8) is 0 Å². The van der Waals surface area contributed by atoms with Crippen LogP contribution in [-0.2, 0) is 10.0 Å². The third-order valence-corrected chi connectivity index (χ3v) is 9.77. The number of fused-ring (bicyclic) bond motifs is 1. The van der Waals surface area contributed by atoms with Crippen molar-refractivity contribution in [2.24, 2.45) is 0 Å². The Balaban J connectivity index is 1.80. The van der Waals surface area contributed by atoms with E-state index >= 15 is 8.78 Å². The van der Waals surface area contributed by atoms with Crippen molar-refractivity contribution in [1.29, 1.82) is 5.26 Å². The van der Waals surface area contributed by atoms with Gasteiger partial charge in [0.25, 0.3) is 16.4 Å². The number of rotatable bonds is 6. The van der Waals surface area contributed by atoms with Gasteiger partial charge in [-0.3, -0.25) is 0 Å². The van der Waals surface area contributed by atoms with E-state index in [0.29, 0.717) is 0 Å². The molecule has 0 amide bonds. The lowest BCUT2D eigenvalue weighted by Gasteiger charge is -2.17. The van der Waals surface area contributed by atoms with E-state index in [1.807, 2.05) is 6.07 Å². The van der Waals surface area contributed by atoms with Gasteiger partial charge in [-0.05, 0) is 55.0 Å². The van der Waals surface area contributed by atoms with E-state index in [1.54, 1.807) is 0 Å². The topological polar surface area (TPSA) is 87.4 Å². The minimum atomic E-state index is -4.79. The summed E-state index contributed by atoms with van der Waals surface area (Å²) in [4.78, 5) is 3.04. The second kappa shape index (κ2) is 12.2. The number of halogens is 6. The Bertz CT molecular complexity index is 2470. The lowest BCUT2D eigenvalue weighted by molar-refractivity contribution is 0.151. The predicted octanol–water partition coefficient (Wildman–Crippen LogP) is 9.81. The zero-order chi connectivity index (χ0) is 35.4. The number of alkyl halides is 2. The number of aromatic nitrogens is 1. The van der Waals surface area contributed by atoms with Gasteiger partial charge in [0.1, 0.15) is 11.6 Å². The van der Waals surface area contributed by atoms with E-state index in [2.05, 4.69) is 4.85 Å². The van der Waals surface area contributed by atoms with Crippen molar-refractivity contribution >= 4 is 26.6 Å². The van der Waals surface area contributed by atoms with Crippen LogP contribution in [0.5, 0.6) is 5.75 Å². The first kappa shape index (κ1) is 32.9. The van der Waals surface area contributed by atoms with E-state index in [0.717, 1.165) is 59.4 Å². The molecule has 0 aliphatic carbocycles. The summed E-state index contributed by atoms with van der Waals surface area (Å²) in [7, 11) is -4.79. The van der Waals surface area contributed by atoms with Crippen LogP contribution < -0.4 is 0 Å².